The molecule has 0 bridgehead atoms. The van der Waals surface area contributed by atoms with Gasteiger partial charge < -0.3 is 9.80 Å². The molecule has 0 saturated heterocycles. The summed E-state index contributed by atoms with van der Waals surface area (Å²) >= 11 is 0. The van der Waals surface area contributed by atoms with Gasteiger partial charge in [0.2, 0.25) is 0 Å². The molecular formula is C112H78N2. The van der Waals surface area contributed by atoms with E-state index < -0.39 is 0 Å². The van der Waals surface area contributed by atoms with E-state index in [1.807, 2.05) is 0 Å². The monoisotopic (exact) mass is 1450 g/mol. The van der Waals surface area contributed by atoms with Crippen molar-refractivity contribution in [2.24, 2.45) is 0 Å². The molecule has 0 atom stereocenters. The minimum absolute atomic E-state index is 1.10. The number of benzene rings is 20. The van der Waals surface area contributed by atoms with Crippen molar-refractivity contribution >= 4 is 77.2 Å². The van der Waals surface area contributed by atoms with Crippen molar-refractivity contribution in [2.45, 2.75) is 0 Å². The lowest BCUT2D eigenvalue weighted by Crippen LogP contribution is -2.10. The molecule has 0 heterocycles. The minimum atomic E-state index is 1.10. The van der Waals surface area contributed by atoms with Crippen molar-refractivity contribution in [2.75, 3.05) is 9.80 Å². The van der Waals surface area contributed by atoms with Crippen molar-refractivity contribution in [1.29, 1.82) is 0 Å². The quantitative estimate of drug-likeness (QED) is 0.0951. The van der Waals surface area contributed by atoms with Crippen LogP contribution in [0.15, 0.2) is 473 Å². The van der Waals surface area contributed by atoms with Gasteiger partial charge in [-0.25, -0.2) is 0 Å². The number of fused-ring (bicyclic) bond motifs is 4. The van der Waals surface area contributed by atoms with Gasteiger partial charge in [-0.15, -0.1) is 0 Å². The van der Waals surface area contributed by atoms with Crippen LogP contribution in [0.4, 0.5) is 34.1 Å². The first-order chi connectivity index (χ1) is 56.4. The van der Waals surface area contributed by atoms with Crippen molar-refractivity contribution in [1.82, 2.24) is 0 Å². The smallest absolute Gasteiger partial charge is 0.0467 e. The topological polar surface area (TPSA) is 6.48 Å². The third kappa shape index (κ3) is 14.9. The molecule has 0 aliphatic rings. The molecule has 0 radical (unpaired) electrons. The van der Waals surface area contributed by atoms with E-state index in [4.69, 9.17) is 0 Å². The Hall–Kier alpha value is -15.0. The Labute approximate surface area is 667 Å². The lowest BCUT2D eigenvalue weighted by Gasteiger charge is -2.26. The van der Waals surface area contributed by atoms with Crippen LogP contribution < -0.4 is 9.80 Å². The second-order valence-corrected chi connectivity index (χ2v) is 29.3. The van der Waals surface area contributed by atoms with E-state index in [1.165, 1.54) is 154 Å². The van der Waals surface area contributed by atoms with Crippen LogP contribution in [0.1, 0.15) is 0 Å². The summed E-state index contributed by atoms with van der Waals surface area (Å²) in [6, 6.07) is 171. The highest BCUT2D eigenvalue weighted by Gasteiger charge is 2.18. The van der Waals surface area contributed by atoms with E-state index in [1.54, 1.807) is 0 Å². The molecule has 0 aromatic heterocycles. The summed E-state index contributed by atoms with van der Waals surface area (Å²) in [6.45, 7) is 0. The maximum absolute atomic E-state index is 2.35. The van der Waals surface area contributed by atoms with Gasteiger partial charge >= 0.3 is 0 Å². The SMILES string of the molecule is c1ccc(-c2ccc(-c3ccc(N(c4ccc(-c5ccc(-c6ccccc6)cc5)cc4)c4ccc(-c5ccc6cc(-c7ccc8ccccc8c7)ccc6c5)cc4)cc3)cc2)cc1.c1ccc(-c2ccc(N(c3ccc(-c4ccc5cc(-c6ccc7ccccc7c6)ccc5c4)cc3)c3cccc(-c4ccccc4)c3)cc2)cc1. The summed E-state index contributed by atoms with van der Waals surface area (Å²) < 4.78 is 0. The normalized spacial score (nSPS) is 11.2. The van der Waals surface area contributed by atoms with Gasteiger partial charge in [0.15, 0.2) is 0 Å². The Morgan fingerprint density at radius 3 is 0.518 bits per heavy atom. The van der Waals surface area contributed by atoms with Crippen molar-refractivity contribution < 1.29 is 0 Å². The van der Waals surface area contributed by atoms with E-state index in [-0.39, 0.29) is 0 Å². The third-order valence-electron chi connectivity index (χ3n) is 22.1. The lowest BCUT2D eigenvalue weighted by molar-refractivity contribution is 1.28. The molecule has 20 rings (SSSR count). The van der Waals surface area contributed by atoms with Crippen LogP contribution >= 0.6 is 0 Å². The van der Waals surface area contributed by atoms with Crippen LogP contribution in [0, 0.1) is 0 Å². The molecule has 0 aliphatic carbocycles. The third-order valence-corrected chi connectivity index (χ3v) is 22.1. The minimum Gasteiger partial charge on any atom is -0.311 e. The molecule has 0 N–H and O–H groups in total. The molecule has 0 spiro atoms. The summed E-state index contributed by atoms with van der Waals surface area (Å²) in [7, 11) is 0. The number of rotatable bonds is 16. The van der Waals surface area contributed by atoms with Crippen LogP contribution in [0.25, 0.3) is 154 Å². The molecule has 0 unspecified atom stereocenters. The Morgan fingerprint density at radius 2 is 0.246 bits per heavy atom. The van der Waals surface area contributed by atoms with E-state index in [2.05, 4.69) is 483 Å². The fourth-order valence-corrected chi connectivity index (χ4v) is 15.9. The number of hydrogen-bond acceptors (Lipinski definition) is 2. The summed E-state index contributed by atoms with van der Waals surface area (Å²) in [4.78, 5) is 4.70. The van der Waals surface area contributed by atoms with Crippen LogP contribution in [0.5, 0.6) is 0 Å². The van der Waals surface area contributed by atoms with Gasteiger partial charge in [-0.3, -0.25) is 0 Å². The van der Waals surface area contributed by atoms with Gasteiger partial charge in [0.1, 0.15) is 0 Å². The first-order valence-corrected chi connectivity index (χ1v) is 39.1. The second-order valence-electron chi connectivity index (χ2n) is 29.3. The highest BCUT2D eigenvalue weighted by molar-refractivity contribution is 5.96. The summed E-state index contributed by atoms with van der Waals surface area (Å²) in [6.07, 6.45) is 0. The molecule has 2 heteroatoms. The van der Waals surface area contributed by atoms with Crippen LogP contribution in [0.2, 0.25) is 0 Å². The largest absolute Gasteiger partial charge is 0.311 e. The number of hydrogen-bond donors (Lipinski definition) is 0. The Balaban J connectivity index is 0.000000156. The van der Waals surface area contributed by atoms with Crippen molar-refractivity contribution in [3.63, 3.8) is 0 Å². The molecule has 20 aromatic carbocycles. The zero-order valence-corrected chi connectivity index (χ0v) is 62.9. The van der Waals surface area contributed by atoms with Gasteiger partial charge in [0, 0.05) is 34.1 Å². The predicted molar refractivity (Wildman–Crippen MR) is 487 cm³/mol. The lowest BCUT2D eigenvalue weighted by atomic mass is 9.96. The Bertz CT molecular complexity index is 6620. The molecule has 20 aromatic rings. The number of anilines is 6. The van der Waals surface area contributed by atoms with E-state index >= 15 is 0 Å². The van der Waals surface area contributed by atoms with E-state index in [0.29, 0.717) is 0 Å². The molecule has 2 nitrogen and oxygen atoms in total. The van der Waals surface area contributed by atoms with Crippen LogP contribution in [-0.4, -0.2) is 0 Å². The first kappa shape index (κ1) is 69.5. The van der Waals surface area contributed by atoms with Gasteiger partial charge in [0.05, 0.1) is 0 Å². The molecule has 0 saturated carbocycles. The van der Waals surface area contributed by atoms with Gasteiger partial charge in [-0.05, 0) is 264 Å². The standard InChI is InChI=1S/C62H43N.C50H35N/c1-3-9-44(10-4-1)47-15-19-49(20-16-47)51-29-35-60(36-30-51)63(61-37-31-52(32-38-61)50-21-17-48(18-22-50)45-11-5-2-6-12-45)62-39-33-53(34-40-62)55-25-26-58-43-59(28-27-57(58)42-55)56-24-23-46-13-7-8-14-54(46)41-56;1-3-10-36(11-4-1)39-24-28-48(29-25-39)51(50-17-9-16-42(35-50)37-12-5-2-6-13-37)49-30-26-40(27-31-49)43-20-21-46-34-47(23-22-45(46)33-43)44-19-18-38-14-7-8-15-41(38)32-44/h1-43H;1-35H. The second kappa shape index (κ2) is 31.6. The van der Waals surface area contributed by atoms with E-state index in [0.717, 1.165) is 34.1 Å². The summed E-state index contributed by atoms with van der Waals surface area (Å²) in [5.74, 6) is 0. The maximum atomic E-state index is 2.35. The highest BCUT2D eigenvalue weighted by Crippen LogP contribution is 2.43. The first-order valence-electron chi connectivity index (χ1n) is 39.1. The molecule has 114 heavy (non-hydrogen) atoms. The Morgan fingerprint density at radius 1 is 0.0877 bits per heavy atom. The fraction of sp³-hybridized carbons (Fsp3) is 0. The maximum Gasteiger partial charge on any atom is 0.0467 e. The van der Waals surface area contributed by atoms with E-state index in [9.17, 15) is 0 Å². The summed E-state index contributed by atoms with van der Waals surface area (Å²) in [5, 5.41) is 9.99. The molecule has 536 valence electrons. The zero-order valence-electron chi connectivity index (χ0n) is 62.9. The predicted octanol–water partition coefficient (Wildman–Crippen LogP) is 31.6. The molecule has 0 fully saturated rings. The van der Waals surface area contributed by atoms with Gasteiger partial charge in [-0.1, -0.05) is 364 Å². The number of nitrogens with zero attached hydrogens (tertiary/aromatic N) is 2. The zero-order chi connectivity index (χ0) is 75.9. The Kier molecular flexibility index (Phi) is 19.2. The molecular weight excluding hydrogens is 1370 g/mol. The van der Waals surface area contributed by atoms with Gasteiger partial charge in [0.25, 0.3) is 0 Å². The van der Waals surface area contributed by atoms with Crippen LogP contribution in [0.3, 0.4) is 0 Å². The van der Waals surface area contributed by atoms with Crippen LogP contribution in [-0.2, 0) is 0 Å². The van der Waals surface area contributed by atoms with Crippen molar-refractivity contribution in [3.05, 3.63) is 473 Å². The highest BCUT2D eigenvalue weighted by atomic mass is 15.1. The summed E-state index contributed by atoms with van der Waals surface area (Å²) in [5.41, 5.74) is 30.8. The average Bonchev–Trinajstić information content (AvgIpc) is 0.795. The average molecular weight is 1450 g/mol. The van der Waals surface area contributed by atoms with Crippen molar-refractivity contribution in [3.8, 4) is 111 Å². The fourth-order valence-electron chi connectivity index (χ4n) is 15.9. The molecule has 0 amide bonds. The molecule has 0 aliphatic heterocycles. The van der Waals surface area contributed by atoms with Gasteiger partial charge in [-0.2, -0.15) is 0 Å².